The second kappa shape index (κ2) is 5.48. The van der Waals surface area contributed by atoms with Gasteiger partial charge in [0.25, 0.3) is 0 Å². The summed E-state index contributed by atoms with van der Waals surface area (Å²) in [4.78, 5) is 0. The van der Waals surface area contributed by atoms with Crippen LogP contribution in [0.2, 0.25) is 0 Å². The maximum absolute atomic E-state index is 13.9. The van der Waals surface area contributed by atoms with E-state index in [1.54, 1.807) is 6.07 Å². The molecule has 0 fully saturated rings. The summed E-state index contributed by atoms with van der Waals surface area (Å²) in [5.74, 6) is -9.57. The minimum Gasteiger partial charge on any atom is -0.469 e. The number of nitrogens with two attached hydrogens (primary N) is 1. The molecule has 0 radical (unpaired) electrons. The lowest BCUT2D eigenvalue weighted by Crippen LogP contribution is -2.37. The first-order valence-electron chi connectivity index (χ1n) is 6.06. The van der Waals surface area contributed by atoms with Gasteiger partial charge in [0.1, 0.15) is 5.76 Å². The summed E-state index contributed by atoms with van der Waals surface area (Å²) in [5, 5.41) is 0. The fraction of sp³-hybridized carbons (Fsp3) is 0.286. The highest BCUT2D eigenvalue weighted by Crippen LogP contribution is 2.35. The van der Waals surface area contributed by atoms with Gasteiger partial charge >= 0.3 is 0 Å². The van der Waals surface area contributed by atoms with Gasteiger partial charge < -0.3 is 10.2 Å². The van der Waals surface area contributed by atoms with E-state index in [-0.39, 0.29) is 13.0 Å². The lowest BCUT2D eigenvalue weighted by atomic mass is 9.78. The van der Waals surface area contributed by atoms with E-state index in [1.807, 2.05) is 0 Å². The monoisotopic (exact) mass is 305 g/mol. The smallest absolute Gasteiger partial charge is 0.200 e. The molecule has 2 nitrogen and oxygen atoms in total. The molecule has 0 saturated heterocycles. The van der Waals surface area contributed by atoms with E-state index >= 15 is 0 Å². The molecule has 0 saturated carbocycles. The highest BCUT2D eigenvalue weighted by Gasteiger charge is 2.37. The molecule has 1 heterocycles. The lowest BCUT2D eigenvalue weighted by Gasteiger charge is -2.28. The van der Waals surface area contributed by atoms with Gasteiger partial charge in [0.15, 0.2) is 23.3 Å². The third kappa shape index (κ3) is 2.53. The maximum Gasteiger partial charge on any atom is 0.200 e. The van der Waals surface area contributed by atoms with Crippen molar-refractivity contribution in [1.29, 1.82) is 0 Å². The van der Waals surface area contributed by atoms with Crippen molar-refractivity contribution < 1.29 is 26.4 Å². The van der Waals surface area contributed by atoms with Crippen LogP contribution in [-0.2, 0) is 11.8 Å². The number of rotatable bonds is 4. The number of halogens is 5. The Labute approximate surface area is 117 Å². The molecule has 0 aliphatic heterocycles. The molecule has 0 bridgehead atoms. The Kier molecular flexibility index (Phi) is 4.04. The van der Waals surface area contributed by atoms with E-state index in [4.69, 9.17) is 10.2 Å². The lowest BCUT2D eigenvalue weighted by molar-refractivity contribution is 0.330. The zero-order valence-corrected chi connectivity index (χ0v) is 11.0. The van der Waals surface area contributed by atoms with Crippen molar-refractivity contribution in [2.75, 3.05) is 6.54 Å². The first-order chi connectivity index (χ1) is 9.81. The quantitative estimate of drug-likeness (QED) is 0.534. The van der Waals surface area contributed by atoms with Crippen LogP contribution in [0, 0.1) is 29.1 Å². The second-order valence-electron chi connectivity index (χ2n) is 4.97. The standard InChI is InChI=1S/C14H12F5NO/c1-14(6-20,5-7-3-2-4-21-7)8-9(15)11(17)13(19)12(18)10(8)16/h2-4H,5-6,20H2,1H3. The van der Waals surface area contributed by atoms with Crippen LogP contribution in [-0.4, -0.2) is 6.54 Å². The zero-order valence-electron chi connectivity index (χ0n) is 11.0. The summed E-state index contributed by atoms with van der Waals surface area (Å²) in [6.45, 7) is 0.986. The molecule has 114 valence electrons. The second-order valence-corrected chi connectivity index (χ2v) is 4.97. The molecule has 0 spiro atoms. The summed E-state index contributed by atoms with van der Waals surface area (Å²) in [7, 11) is 0. The van der Waals surface area contributed by atoms with Crippen LogP contribution < -0.4 is 5.73 Å². The predicted molar refractivity (Wildman–Crippen MR) is 65.1 cm³/mol. The van der Waals surface area contributed by atoms with Gasteiger partial charge in [0, 0.05) is 23.9 Å². The molecule has 1 unspecified atom stereocenters. The molecule has 2 aromatic rings. The van der Waals surface area contributed by atoms with Crippen LogP contribution in [0.4, 0.5) is 22.0 Å². The fourth-order valence-corrected chi connectivity index (χ4v) is 2.20. The van der Waals surface area contributed by atoms with Gasteiger partial charge in [0.05, 0.1) is 6.26 Å². The summed E-state index contributed by atoms with van der Waals surface area (Å²) < 4.78 is 72.6. The van der Waals surface area contributed by atoms with Gasteiger partial charge in [0.2, 0.25) is 5.82 Å². The Bertz CT molecular complexity index is 627. The van der Waals surface area contributed by atoms with Crippen LogP contribution in [0.15, 0.2) is 22.8 Å². The van der Waals surface area contributed by atoms with Crippen LogP contribution in [0.25, 0.3) is 0 Å². The summed E-state index contributed by atoms with van der Waals surface area (Å²) in [6.07, 6.45) is 1.24. The van der Waals surface area contributed by atoms with E-state index in [2.05, 4.69) is 0 Å². The number of hydrogen-bond acceptors (Lipinski definition) is 2. The van der Waals surface area contributed by atoms with E-state index in [1.165, 1.54) is 19.3 Å². The summed E-state index contributed by atoms with van der Waals surface area (Å²) in [6, 6.07) is 3.07. The normalized spacial score (nSPS) is 14.2. The molecule has 1 atom stereocenters. The van der Waals surface area contributed by atoms with Gasteiger partial charge in [-0.3, -0.25) is 0 Å². The average Bonchev–Trinajstić information content (AvgIpc) is 2.95. The van der Waals surface area contributed by atoms with E-state index < -0.39 is 40.1 Å². The van der Waals surface area contributed by atoms with E-state index in [0.29, 0.717) is 5.76 Å². The van der Waals surface area contributed by atoms with Crippen molar-refractivity contribution in [3.8, 4) is 0 Å². The third-order valence-corrected chi connectivity index (χ3v) is 3.41. The molecular weight excluding hydrogens is 293 g/mol. The van der Waals surface area contributed by atoms with Gasteiger partial charge in [-0.05, 0) is 12.1 Å². The van der Waals surface area contributed by atoms with Crippen LogP contribution in [0.5, 0.6) is 0 Å². The Hall–Kier alpha value is -1.89. The van der Waals surface area contributed by atoms with Crippen LogP contribution in [0.3, 0.4) is 0 Å². The zero-order chi connectivity index (χ0) is 15.8. The van der Waals surface area contributed by atoms with Crippen molar-refractivity contribution in [3.05, 3.63) is 58.8 Å². The van der Waals surface area contributed by atoms with Crippen molar-refractivity contribution >= 4 is 0 Å². The Morgan fingerprint density at radius 3 is 1.95 bits per heavy atom. The minimum atomic E-state index is -2.19. The van der Waals surface area contributed by atoms with Gasteiger partial charge in [-0.1, -0.05) is 6.92 Å². The topological polar surface area (TPSA) is 39.2 Å². The Morgan fingerprint density at radius 1 is 1.00 bits per heavy atom. The third-order valence-electron chi connectivity index (χ3n) is 3.41. The first-order valence-corrected chi connectivity index (χ1v) is 6.06. The minimum absolute atomic E-state index is 0.102. The Balaban J connectivity index is 2.62. The van der Waals surface area contributed by atoms with Crippen molar-refractivity contribution in [2.45, 2.75) is 18.8 Å². The highest BCUT2D eigenvalue weighted by atomic mass is 19.2. The molecule has 0 aliphatic carbocycles. The number of furan rings is 1. The first kappa shape index (κ1) is 15.5. The van der Waals surface area contributed by atoms with Gasteiger partial charge in [-0.2, -0.15) is 0 Å². The van der Waals surface area contributed by atoms with E-state index in [9.17, 15) is 22.0 Å². The van der Waals surface area contributed by atoms with Gasteiger partial charge in [-0.25, -0.2) is 22.0 Å². The molecule has 1 aromatic heterocycles. The van der Waals surface area contributed by atoms with Crippen LogP contribution in [0.1, 0.15) is 18.2 Å². The fourth-order valence-electron chi connectivity index (χ4n) is 2.20. The summed E-state index contributed by atoms with van der Waals surface area (Å²) >= 11 is 0. The largest absolute Gasteiger partial charge is 0.469 e. The maximum atomic E-state index is 13.9. The number of benzene rings is 1. The summed E-state index contributed by atoms with van der Waals surface area (Å²) in [5.41, 5.74) is 3.09. The highest BCUT2D eigenvalue weighted by molar-refractivity contribution is 5.32. The predicted octanol–water partition coefficient (Wildman–Crippen LogP) is 3.43. The van der Waals surface area contributed by atoms with Crippen molar-refractivity contribution in [3.63, 3.8) is 0 Å². The van der Waals surface area contributed by atoms with Crippen LogP contribution >= 0.6 is 0 Å². The molecule has 2 rings (SSSR count). The Morgan fingerprint density at radius 2 is 1.52 bits per heavy atom. The van der Waals surface area contributed by atoms with Gasteiger partial charge in [-0.15, -0.1) is 0 Å². The van der Waals surface area contributed by atoms with Crippen molar-refractivity contribution in [2.24, 2.45) is 5.73 Å². The number of hydrogen-bond donors (Lipinski definition) is 1. The molecular formula is C14H12F5NO. The average molecular weight is 305 g/mol. The molecule has 0 amide bonds. The SMILES string of the molecule is CC(CN)(Cc1ccco1)c1c(F)c(F)c(F)c(F)c1F. The molecule has 1 aromatic carbocycles. The molecule has 0 aliphatic rings. The van der Waals surface area contributed by atoms with Crippen molar-refractivity contribution in [1.82, 2.24) is 0 Å². The molecule has 7 heteroatoms. The molecule has 21 heavy (non-hydrogen) atoms. The molecule has 2 N–H and O–H groups in total. The van der Waals surface area contributed by atoms with E-state index in [0.717, 1.165) is 0 Å².